The van der Waals surface area contributed by atoms with E-state index in [1.807, 2.05) is 0 Å². The van der Waals surface area contributed by atoms with E-state index in [0.717, 1.165) is 0 Å². The fourth-order valence-corrected chi connectivity index (χ4v) is 7.19. The van der Waals surface area contributed by atoms with Crippen molar-refractivity contribution in [3.05, 3.63) is 59.2 Å². The summed E-state index contributed by atoms with van der Waals surface area (Å²) in [6, 6.07) is 4.29. The molecule has 2 aromatic carbocycles. The van der Waals surface area contributed by atoms with Crippen molar-refractivity contribution < 1.29 is 58.5 Å². The monoisotopic (exact) mass is 644 g/mol. The molecule has 3 atom stereocenters. The topological polar surface area (TPSA) is 107 Å². The number of anilines is 1. The van der Waals surface area contributed by atoms with Crippen molar-refractivity contribution in [2.75, 3.05) is 4.31 Å². The van der Waals surface area contributed by atoms with Gasteiger partial charge in [-0.15, -0.1) is 0 Å². The van der Waals surface area contributed by atoms with Crippen molar-refractivity contribution in [3.63, 3.8) is 0 Å². The van der Waals surface area contributed by atoms with E-state index in [0.29, 0.717) is 28.1 Å². The van der Waals surface area contributed by atoms with Gasteiger partial charge in [0, 0.05) is 18.4 Å². The van der Waals surface area contributed by atoms with Gasteiger partial charge in [-0.3, -0.25) is 9.10 Å². The smallest absolute Gasteiger partial charge is 0.385 e. The lowest BCUT2D eigenvalue weighted by Gasteiger charge is -2.39. The predicted octanol–water partition coefficient (Wildman–Crippen LogP) is 4.87. The van der Waals surface area contributed by atoms with Crippen molar-refractivity contribution in [3.8, 4) is 0 Å². The van der Waals surface area contributed by atoms with Gasteiger partial charge < -0.3 is 15.5 Å². The van der Waals surface area contributed by atoms with Gasteiger partial charge in [0.1, 0.15) is 6.10 Å². The number of amides is 1. The van der Waals surface area contributed by atoms with Gasteiger partial charge in [0.15, 0.2) is 0 Å². The van der Waals surface area contributed by atoms with Gasteiger partial charge in [-0.2, -0.15) is 26.3 Å². The van der Waals surface area contributed by atoms with Gasteiger partial charge in [0.2, 0.25) is 5.91 Å². The van der Waals surface area contributed by atoms with E-state index in [-0.39, 0.29) is 41.8 Å². The molecule has 0 aromatic heterocycles. The number of fused-ring (bicyclic) bond motifs is 1. The number of carbonyl (C=O) groups is 1. The van der Waals surface area contributed by atoms with Crippen LogP contribution in [0.4, 0.5) is 40.8 Å². The molecule has 1 amide bonds. The molecule has 7 nitrogen and oxygen atoms in total. The first-order valence-electron chi connectivity index (χ1n) is 13.2. The third kappa shape index (κ3) is 6.05. The van der Waals surface area contributed by atoms with Crippen LogP contribution in [0.1, 0.15) is 48.8 Å². The zero-order chi connectivity index (χ0) is 32.2. The van der Waals surface area contributed by atoms with Crippen molar-refractivity contribution in [1.82, 2.24) is 5.32 Å². The molecule has 0 spiro atoms. The van der Waals surface area contributed by atoms with E-state index >= 15 is 0 Å². The number of nitrogens with one attached hydrogen (secondary N) is 1. The summed E-state index contributed by atoms with van der Waals surface area (Å²) in [5.41, 5.74) is -6.71. The van der Waals surface area contributed by atoms with Crippen LogP contribution in [0, 0.1) is 6.92 Å². The number of halogens is 8. The first-order valence-corrected chi connectivity index (χ1v) is 14.6. The van der Waals surface area contributed by atoms with Crippen LogP contribution in [0.5, 0.6) is 0 Å². The molecule has 4 rings (SSSR count). The quantitative estimate of drug-likeness (QED) is 0.389. The molecule has 1 heterocycles. The highest BCUT2D eigenvalue weighted by Crippen LogP contribution is 2.51. The summed E-state index contributed by atoms with van der Waals surface area (Å²) in [4.78, 5) is 12.6. The number of aryl methyl sites for hydroxylation is 2. The maximum absolute atomic E-state index is 14.0. The van der Waals surface area contributed by atoms with E-state index in [2.05, 4.69) is 5.32 Å². The second-order valence-electron chi connectivity index (χ2n) is 10.8. The maximum atomic E-state index is 14.0. The molecule has 16 heteroatoms. The minimum Gasteiger partial charge on any atom is -0.385 e. The fraction of sp³-hybridized carbons (Fsp3) is 0.519. The molecule has 238 valence electrons. The summed E-state index contributed by atoms with van der Waals surface area (Å²) < 4.78 is 137. The lowest BCUT2D eigenvalue weighted by molar-refractivity contribution is -0.376. The molecule has 2 aromatic rings. The SMILES string of the molecule is Cc1ccc(S(=O)(=O)N2c3ccc(C(O)(C(F)(F)F)C(F)(F)F)cc3CCC2CC(=O)NC2CCCC(F)(F)C2O)cc1. The van der Waals surface area contributed by atoms with E-state index in [1.165, 1.54) is 24.3 Å². The molecule has 1 fully saturated rings. The van der Waals surface area contributed by atoms with Crippen molar-refractivity contribution in [1.29, 1.82) is 0 Å². The van der Waals surface area contributed by atoms with Gasteiger partial charge in [0.05, 0.1) is 22.7 Å². The maximum Gasteiger partial charge on any atom is 0.430 e. The van der Waals surface area contributed by atoms with Crippen molar-refractivity contribution in [2.24, 2.45) is 0 Å². The second-order valence-corrected chi connectivity index (χ2v) is 12.6. The molecule has 0 radical (unpaired) electrons. The highest BCUT2D eigenvalue weighted by Gasteiger charge is 2.71. The fourth-order valence-electron chi connectivity index (χ4n) is 5.47. The zero-order valence-electron chi connectivity index (χ0n) is 22.5. The number of alkyl halides is 8. The van der Waals surface area contributed by atoms with Crippen LogP contribution in [-0.2, 0) is 26.8 Å². The predicted molar refractivity (Wildman–Crippen MR) is 137 cm³/mol. The minimum atomic E-state index is -6.16. The van der Waals surface area contributed by atoms with Crippen LogP contribution in [-0.4, -0.2) is 61.0 Å². The second kappa shape index (κ2) is 11.2. The van der Waals surface area contributed by atoms with E-state index in [9.17, 15) is 58.5 Å². The third-order valence-electron chi connectivity index (χ3n) is 7.82. The number of benzene rings is 2. The molecule has 2 aliphatic rings. The van der Waals surface area contributed by atoms with Crippen LogP contribution in [0.15, 0.2) is 47.4 Å². The Kier molecular flexibility index (Phi) is 8.56. The average molecular weight is 645 g/mol. The van der Waals surface area contributed by atoms with Crippen LogP contribution in [0.25, 0.3) is 0 Å². The Hall–Kier alpha value is -2.98. The number of hydrogen-bond donors (Lipinski definition) is 3. The molecule has 1 saturated carbocycles. The summed E-state index contributed by atoms with van der Waals surface area (Å²) in [5.74, 6) is -4.34. The summed E-state index contributed by atoms with van der Waals surface area (Å²) in [6.07, 6.45) is -16.2. The lowest BCUT2D eigenvalue weighted by Crippen LogP contribution is -2.55. The Balaban J connectivity index is 1.74. The first-order chi connectivity index (χ1) is 19.7. The third-order valence-corrected chi connectivity index (χ3v) is 9.70. The van der Waals surface area contributed by atoms with Crippen LogP contribution >= 0.6 is 0 Å². The van der Waals surface area contributed by atoms with E-state index in [1.54, 1.807) is 6.92 Å². The highest BCUT2D eigenvalue weighted by atomic mass is 32.2. The average Bonchev–Trinajstić information content (AvgIpc) is 2.89. The molecular weight excluding hydrogens is 616 g/mol. The first kappa shape index (κ1) is 32.9. The largest absolute Gasteiger partial charge is 0.430 e. The molecular formula is C27H28F8N2O5S. The van der Waals surface area contributed by atoms with E-state index in [4.69, 9.17) is 0 Å². The normalized spacial score (nSPS) is 23.0. The Morgan fingerprint density at radius 2 is 1.63 bits per heavy atom. The summed E-state index contributed by atoms with van der Waals surface area (Å²) in [6.45, 7) is 1.67. The number of aliphatic hydroxyl groups is 2. The molecule has 1 aliphatic heterocycles. The Bertz CT molecular complexity index is 1450. The number of nitrogens with zero attached hydrogens (tertiary/aromatic N) is 1. The van der Waals surface area contributed by atoms with Crippen LogP contribution < -0.4 is 9.62 Å². The van der Waals surface area contributed by atoms with Crippen molar-refractivity contribution in [2.45, 2.75) is 92.4 Å². The lowest BCUT2D eigenvalue weighted by atomic mass is 9.87. The molecule has 1 aliphatic carbocycles. The van der Waals surface area contributed by atoms with Gasteiger partial charge in [0.25, 0.3) is 21.5 Å². The van der Waals surface area contributed by atoms with Crippen LogP contribution in [0.3, 0.4) is 0 Å². The van der Waals surface area contributed by atoms with Gasteiger partial charge in [-0.1, -0.05) is 29.8 Å². The molecule has 0 bridgehead atoms. The van der Waals surface area contributed by atoms with Crippen LogP contribution in [0.2, 0.25) is 0 Å². The van der Waals surface area contributed by atoms with Gasteiger partial charge in [-0.25, -0.2) is 17.2 Å². The molecule has 3 N–H and O–H groups in total. The minimum absolute atomic E-state index is 0.00424. The summed E-state index contributed by atoms with van der Waals surface area (Å²) in [5, 5.41) is 22.2. The number of rotatable bonds is 6. The molecule has 3 unspecified atom stereocenters. The number of carbonyl (C=O) groups excluding carboxylic acids is 1. The van der Waals surface area contributed by atoms with E-state index < -0.39 is 76.4 Å². The van der Waals surface area contributed by atoms with Gasteiger partial charge >= 0.3 is 12.4 Å². The number of aliphatic hydroxyl groups excluding tert-OH is 1. The summed E-state index contributed by atoms with van der Waals surface area (Å²) >= 11 is 0. The Labute approximate surface area is 241 Å². The Morgan fingerprint density at radius 1 is 1.02 bits per heavy atom. The molecule has 43 heavy (non-hydrogen) atoms. The Morgan fingerprint density at radius 3 is 2.21 bits per heavy atom. The zero-order valence-corrected chi connectivity index (χ0v) is 23.3. The molecule has 0 saturated heterocycles. The summed E-state index contributed by atoms with van der Waals surface area (Å²) in [7, 11) is -4.58. The number of sulfonamides is 1. The standard InChI is InChI=1S/C27H28F8N2O5S/c1-15-4-9-19(10-5-15)43(41,42)37-18(14-22(38)36-20-3-2-12-24(28,29)23(20)39)8-6-16-13-17(7-11-21(16)37)25(40,26(30,31)32)27(33,34)35/h4-5,7,9-11,13,18,20,23,39-40H,2-3,6,8,12,14H2,1H3,(H,36,38). The van der Waals surface area contributed by atoms with Crippen molar-refractivity contribution >= 4 is 21.6 Å². The number of hydrogen-bond acceptors (Lipinski definition) is 5. The van der Waals surface area contributed by atoms with Gasteiger partial charge in [-0.05, 0) is 56.4 Å². The highest BCUT2D eigenvalue weighted by molar-refractivity contribution is 7.92.